The highest BCUT2D eigenvalue weighted by molar-refractivity contribution is 6.58. The standard InChI is InChI=1S/C27H43ClF2Si/c1-2-3-6-17-31-18-15-23(16-19-31)22-11-9-21(10-12-22)7-4-5-8-24-13-14-25(28)20-26(24)27(29)30/h13-14,20-23,27,31H,2-12,15-19H2,1H3. The molecule has 0 spiro atoms. The number of halogens is 3. The zero-order chi connectivity index (χ0) is 22.1. The van der Waals surface area contributed by atoms with Crippen molar-refractivity contribution in [1.82, 2.24) is 0 Å². The zero-order valence-corrected chi connectivity index (χ0v) is 21.5. The molecule has 1 saturated heterocycles. The summed E-state index contributed by atoms with van der Waals surface area (Å²) in [6.45, 7) is 2.32. The van der Waals surface area contributed by atoms with E-state index in [1.54, 1.807) is 43.1 Å². The Balaban J connectivity index is 1.30. The Morgan fingerprint density at radius 1 is 0.935 bits per heavy atom. The fourth-order valence-electron chi connectivity index (χ4n) is 6.32. The lowest BCUT2D eigenvalue weighted by molar-refractivity contribution is 0.150. The van der Waals surface area contributed by atoms with Gasteiger partial charge in [-0.3, -0.25) is 0 Å². The Hall–Kier alpha value is -0.413. The second kappa shape index (κ2) is 13.3. The van der Waals surface area contributed by atoms with Gasteiger partial charge >= 0.3 is 0 Å². The molecule has 3 rings (SSSR count). The van der Waals surface area contributed by atoms with Gasteiger partial charge in [0.15, 0.2) is 0 Å². The normalized spacial score (nSPS) is 27.0. The van der Waals surface area contributed by atoms with E-state index in [0.717, 1.165) is 42.6 Å². The first-order chi connectivity index (χ1) is 15.1. The van der Waals surface area contributed by atoms with Crippen molar-refractivity contribution in [3.8, 4) is 0 Å². The van der Waals surface area contributed by atoms with Crippen molar-refractivity contribution in [2.24, 2.45) is 17.8 Å². The van der Waals surface area contributed by atoms with Gasteiger partial charge in [-0.2, -0.15) is 0 Å². The van der Waals surface area contributed by atoms with Crippen LogP contribution in [0, 0.1) is 17.8 Å². The molecule has 1 aliphatic carbocycles. The topological polar surface area (TPSA) is 0 Å². The molecule has 1 heterocycles. The molecule has 0 radical (unpaired) electrons. The van der Waals surface area contributed by atoms with Crippen LogP contribution in [0.15, 0.2) is 18.2 Å². The summed E-state index contributed by atoms with van der Waals surface area (Å²) in [5, 5.41) is 0.406. The maximum atomic E-state index is 13.2. The van der Waals surface area contributed by atoms with E-state index in [1.807, 2.05) is 0 Å². The zero-order valence-electron chi connectivity index (χ0n) is 19.6. The van der Waals surface area contributed by atoms with Crippen LogP contribution in [0.2, 0.25) is 23.2 Å². The molecule has 176 valence electrons. The van der Waals surface area contributed by atoms with Crippen LogP contribution in [0.25, 0.3) is 0 Å². The minimum absolute atomic E-state index is 0.121. The fourth-order valence-corrected chi connectivity index (χ4v) is 10.0. The Kier molecular flexibility index (Phi) is 10.8. The summed E-state index contributed by atoms with van der Waals surface area (Å²) < 4.78 is 26.5. The van der Waals surface area contributed by atoms with Gasteiger partial charge in [-0.1, -0.05) is 101 Å². The van der Waals surface area contributed by atoms with E-state index in [9.17, 15) is 8.78 Å². The van der Waals surface area contributed by atoms with Gasteiger partial charge in [0.1, 0.15) is 0 Å². The van der Waals surface area contributed by atoms with Crippen LogP contribution in [0.4, 0.5) is 8.78 Å². The second-order valence-corrected chi connectivity index (χ2v) is 14.3. The van der Waals surface area contributed by atoms with Crippen LogP contribution in [0.3, 0.4) is 0 Å². The average Bonchev–Trinajstić information content (AvgIpc) is 2.78. The number of benzene rings is 1. The van der Waals surface area contributed by atoms with Crippen molar-refractivity contribution in [3.63, 3.8) is 0 Å². The molecule has 0 unspecified atom stereocenters. The minimum Gasteiger partial charge on any atom is -0.205 e. The van der Waals surface area contributed by atoms with Gasteiger partial charge in [0, 0.05) is 19.4 Å². The molecule has 0 aromatic heterocycles. The number of hydrogen-bond donors (Lipinski definition) is 0. The first kappa shape index (κ1) is 25.2. The maximum absolute atomic E-state index is 13.2. The monoisotopic (exact) mass is 468 g/mol. The molecule has 2 fully saturated rings. The highest BCUT2D eigenvalue weighted by Crippen LogP contribution is 2.42. The summed E-state index contributed by atoms with van der Waals surface area (Å²) in [5.41, 5.74) is 0.896. The van der Waals surface area contributed by atoms with Gasteiger partial charge in [0.05, 0.1) is 0 Å². The van der Waals surface area contributed by atoms with Crippen LogP contribution in [-0.2, 0) is 6.42 Å². The summed E-state index contributed by atoms with van der Waals surface area (Å²) in [5.74, 6) is 2.91. The first-order valence-electron chi connectivity index (χ1n) is 13.1. The first-order valence-corrected chi connectivity index (χ1v) is 16.0. The van der Waals surface area contributed by atoms with Gasteiger partial charge in [-0.25, -0.2) is 8.78 Å². The largest absolute Gasteiger partial charge is 0.264 e. The number of unbranched alkanes of at least 4 members (excludes halogenated alkanes) is 3. The Morgan fingerprint density at radius 3 is 2.32 bits per heavy atom. The summed E-state index contributed by atoms with van der Waals surface area (Å²) in [6.07, 6.45) is 14.9. The van der Waals surface area contributed by atoms with E-state index in [1.165, 1.54) is 57.4 Å². The van der Waals surface area contributed by atoms with Gasteiger partial charge < -0.3 is 0 Å². The predicted molar refractivity (Wildman–Crippen MR) is 133 cm³/mol. The van der Waals surface area contributed by atoms with E-state index >= 15 is 0 Å². The second-order valence-electron chi connectivity index (χ2n) is 10.4. The SMILES string of the molecule is CCCCC[SiH]1CCC(C2CCC(CCCCc3ccc(Cl)cc3C(F)F)CC2)CC1. The molecule has 0 nitrogen and oxygen atoms in total. The molecule has 0 amide bonds. The molecule has 1 saturated carbocycles. The van der Waals surface area contributed by atoms with Gasteiger partial charge in [-0.05, 0) is 61.1 Å². The lowest BCUT2D eigenvalue weighted by Crippen LogP contribution is -2.28. The third kappa shape index (κ3) is 8.14. The van der Waals surface area contributed by atoms with E-state index in [4.69, 9.17) is 11.6 Å². The summed E-state index contributed by atoms with van der Waals surface area (Å²) >= 11 is 5.89. The molecule has 4 heteroatoms. The molecule has 0 atom stereocenters. The molecular formula is C27H43ClF2Si. The van der Waals surface area contributed by atoms with Crippen molar-refractivity contribution < 1.29 is 8.78 Å². The van der Waals surface area contributed by atoms with Crippen LogP contribution in [0.1, 0.15) is 102 Å². The highest BCUT2D eigenvalue weighted by atomic mass is 35.5. The van der Waals surface area contributed by atoms with E-state index in [0.29, 0.717) is 5.02 Å². The molecule has 31 heavy (non-hydrogen) atoms. The van der Waals surface area contributed by atoms with Crippen molar-refractivity contribution in [1.29, 1.82) is 0 Å². The summed E-state index contributed by atoms with van der Waals surface area (Å²) in [7, 11) is -0.376. The molecule has 1 aromatic carbocycles. The number of rotatable bonds is 11. The third-order valence-corrected chi connectivity index (χ3v) is 12.1. The summed E-state index contributed by atoms with van der Waals surface area (Å²) in [6, 6.07) is 9.83. The van der Waals surface area contributed by atoms with Crippen LogP contribution in [0.5, 0.6) is 0 Å². The van der Waals surface area contributed by atoms with Crippen LogP contribution in [-0.4, -0.2) is 8.80 Å². The molecule has 0 bridgehead atoms. The van der Waals surface area contributed by atoms with Crippen molar-refractivity contribution in [2.75, 3.05) is 0 Å². The van der Waals surface area contributed by atoms with E-state index in [-0.39, 0.29) is 14.4 Å². The molecule has 0 N–H and O–H groups in total. The fraction of sp³-hybridized carbons (Fsp3) is 0.778. The predicted octanol–water partition coefficient (Wildman–Crippen LogP) is 9.62. The van der Waals surface area contributed by atoms with E-state index < -0.39 is 6.43 Å². The van der Waals surface area contributed by atoms with Gasteiger partial charge in [-0.15, -0.1) is 0 Å². The van der Waals surface area contributed by atoms with Crippen molar-refractivity contribution >= 4 is 20.4 Å². The van der Waals surface area contributed by atoms with E-state index in [2.05, 4.69) is 6.92 Å². The maximum Gasteiger partial charge on any atom is 0.264 e. The molecule has 1 aromatic rings. The smallest absolute Gasteiger partial charge is 0.205 e. The minimum atomic E-state index is -2.43. The number of hydrogen-bond acceptors (Lipinski definition) is 0. The van der Waals surface area contributed by atoms with Crippen LogP contribution < -0.4 is 0 Å². The number of aryl methyl sites for hydroxylation is 1. The highest BCUT2D eigenvalue weighted by Gasteiger charge is 2.30. The Bertz CT molecular complexity index is 634. The lowest BCUT2D eigenvalue weighted by Gasteiger charge is -2.37. The Morgan fingerprint density at radius 2 is 1.65 bits per heavy atom. The van der Waals surface area contributed by atoms with Gasteiger partial charge in [0.25, 0.3) is 6.43 Å². The number of alkyl halides is 2. The quantitative estimate of drug-likeness (QED) is 0.224. The van der Waals surface area contributed by atoms with Crippen molar-refractivity contribution in [3.05, 3.63) is 34.3 Å². The molecule has 1 aliphatic heterocycles. The third-order valence-electron chi connectivity index (χ3n) is 8.32. The Labute approximate surface area is 196 Å². The van der Waals surface area contributed by atoms with Gasteiger partial charge in [0.2, 0.25) is 0 Å². The average molecular weight is 469 g/mol. The van der Waals surface area contributed by atoms with Crippen molar-refractivity contribution in [2.45, 2.75) is 115 Å². The van der Waals surface area contributed by atoms with Crippen LogP contribution >= 0.6 is 11.6 Å². The molecule has 2 aliphatic rings. The summed E-state index contributed by atoms with van der Waals surface area (Å²) in [4.78, 5) is 0. The lowest BCUT2D eigenvalue weighted by atomic mass is 9.73. The molecular weight excluding hydrogens is 426 g/mol.